The van der Waals surface area contributed by atoms with Crippen LogP contribution in [-0.2, 0) is 5.54 Å². The van der Waals surface area contributed by atoms with Gasteiger partial charge in [0.15, 0.2) is 0 Å². The van der Waals surface area contributed by atoms with E-state index in [0.29, 0.717) is 0 Å². The van der Waals surface area contributed by atoms with Crippen LogP contribution in [0.15, 0.2) is 0 Å². The monoisotopic (exact) mass is 378 g/mol. The minimum Gasteiger partial charge on any atom is -0.308 e. The molecule has 2 rings (SSSR count). The summed E-state index contributed by atoms with van der Waals surface area (Å²) in [5.41, 5.74) is 16.7. The van der Waals surface area contributed by atoms with Crippen LogP contribution < -0.4 is 16.1 Å². The second-order valence-corrected chi connectivity index (χ2v) is 8.83. The van der Waals surface area contributed by atoms with Gasteiger partial charge in [0.1, 0.15) is 7.85 Å². The van der Waals surface area contributed by atoms with E-state index in [-0.39, 0.29) is 5.54 Å². The highest BCUT2D eigenvalue weighted by molar-refractivity contribution is 6.34. The summed E-state index contributed by atoms with van der Waals surface area (Å²) in [6, 6.07) is 0. The largest absolute Gasteiger partial charge is 0.308 e. The van der Waals surface area contributed by atoms with Gasteiger partial charge in [-0.15, -0.1) is 0 Å². The van der Waals surface area contributed by atoms with E-state index in [1.165, 1.54) is 66.7 Å². The molecule has 0 aliphatic carbocycles. The van der Waals surface area contributed by atoms with Gasteiger partial charge in [-0.05, 0) is 126 Å². The minimum absolute atomic E-state index is 0.266. The summed E-state index contributed by atoms with van der Waals surface area (Å²) in [5, 5.41) is 7.19. The summed E-state index contributed by atoms with van der Waals surface area (Å²) in [6.07, 6.45) is 0. The molecule has 0 amide bonds. The fourth-order valence-corrected chi connectivity index (χ4v) is 5.07. The van der Waals surface area contributed by atoms with Crippen molar-refractivity contribution in [3.63, 3.8) is 0 Å². The Balaban J connectivity index is 3.02. The molecule has 0 aliphatic rings. The van der Waals surface area contributed by atoms with Crippen molar-refractivity contribution in [2.24, 2.45) is 0 Å². The fraction of sp³-hybridized carbons (Fsp3) is 0.520. The lowest BCUT2D eigenvalue weighted by Crippen LogP contribution is -2.47. The summed E-state index contributed by atoms with van der Waals surface area (Å²) in [7, 11) is 4.27. The molecule has 1 unspecified atom stereocenters. The highest BCUT2D eigenvalue weighted by Gasteiger charge is 2.36. The summed E-state index contributed by atoms with van der Waals surface area (Å²) >= 11 is 0. The minimum atomic E-state index is -0.266. The maximum atomic E-state index is 3.88. The van der Waals surface area contributed by atoms with Crippen LogP contribution in [0.25, 0.3) is 0 Å². The predicted molar refractivity (Wildman–Crippen MR) is 127 cm³/mol. The van der Waals surface area contributed by atoms with Crippen molar-refractivity contribution in [1.29, 1.82) is 0 Å². The van der Waals surface area contributed by atoms with Crippen LogP contribution in [-0.4, -0.2) is 21.6 Å². The number of hydrogen-bond acceptors (Lipinski definition) is 2. The third kappa shape index (κ3) is 3.33. The van der Waals surface area contributed by atoms with E-state index in [1.807, 2.05) is 7.05 Å². The molecule has 0 heterocycles. The van der Waals surface area contributed by atoms with Gasteiger partial charge in [0.25, 0.3) is 0 Å². The van der Waals surface area contributed by atoms with Crippen LogP contribution in [0.4, 0.5) is 0 Å². The standard InChI is InChI=1S/C25H39BN2/c1-13-14(2)17(5)22(18(6)15(13)3)25(10,28-12-27-11)23-19(7)16(4)20(8)24(26)21(23)9/h27-28H,12,26H2,1-11H3. The third-order valence-electron chi connectivity index (χ3n) is 7.62. The van der Waals surface area contributed by atoms with Crippen LogP contribution in [0.5, 0.6) is 0 Å². The Labute approximate surface area is 173 Å². The van der Waals surface area contributed by atoms with Crippen LogP contribution in [0.2, 0.25) is 0 Å². The molecule has 152 valence electrons. The molecule has 1 atom stereocenters. The van der Waals surface area contributed by atoms with Gasteiger partial charge >= 0.3 is 0 Å². The van der Waals surface area contributed by atoms with Gasteiger partial charge in [0, 0.05) is 6.67 Å². The molecule has 2 aromatic rings. The average Bonchev–Trinajstić information content (AvgIpc) is 2.66. The molecule has 0 radical (unpaired) electrons. The maximum absolute atomic E-state index is 3.88. The molecule has 0 bridgehead atoms. The molecule has 0 saturated heterocycles. The second kappa shape index (κ2) is 8.04. The van der Waals surface area contributed by atoms with Crippen molar-refractivity contribution < 1.29 is 0 Å². The van der Waals surface area contributed by atoms with E-state index in [4.69, 9.17) is 0 Å². The topological polar surface area (TPSA) is 24.1 Å². The van der Waals surface area contributed by atoms with Crippen molar-refractivity contribution >= 4 is 13.3 Å². The number of benzene rings is 2. The van der Waals surface area contributed by atoms with Gasteiger partial charge < -0.3 is 5.32 Å². The molecule has 0 fully saturated rings. The van der Waals surface area contributed by atoms with Gasteiger partial charge in [-0.1, -0.05) is 16.6 Å². The van der Waals surface area contributed by atoms with Gasteiger partial charge in [-0.3, -0.25) is 5.32 Å². The van der Waals surface area contributed by atoms with Gasteiger partial charge in [0.2, 0.25) is 0 Å². The first kappa shape index (κ1) is 22.7. The lowest BCUT2D eigenvalue weighted by Gasteiger charge is -2.40. The second-order valence-electron chi connectivity index (χ2n) is 8.83. The molecule has 0 aliphatic heterocycles. The van der Waals surface area contributed by atoms with Gasteiger partial charge in [-0.25, -0.2) is 0 Å². The molecule has 2 aromatic carbocycles. The lowest BCUT2D eigenvalue weighted by molar-refractivity contribution is 0.417. The molecule has 0 spiro atoms. The van der Waals surface area contributed by atoms with E-state index >= 15 is 0 Å². The molecule has 0 aromatic heterocycles. The van der Waals surface area contributed by atoms with Crippen LogP contribution in [0.3, 0.4) is 0 Å². The zero-order valence-electron chi connectivity index (χ0n) is 20.2. The average molecular weight is 378 g/mol. The number of rotatable bonds is 5. The summed E-state index contributed by atoms with van der Waals surface area (Å²) < 4.78 is 0. The SMILES string of the molecule is Bc1c(C)c(C)c(C)c(C(C)(NCNC)c2c(C)c(C)c(C)c(C)c2C)c1C. The maximum Gasteiger partial charge on any atom is 0.140 e. The molecular formula is C25H39BN2. The highest BCUT2D eigenvalue weighted by atomic mass is 15.1. The first-order chi connectivity index (χ1) is 12.9. The van der Waals surface area contributed by atoms with E-state index in [2.05, 4.69) is 87.7 Å². The Morgan fingerprint density at radius 1 is 0.607 bits per heavy atom. The Morgan fingerprint density at radius 2 is 0.964 bits per heavy atom. The quantitative estimate of drug-likeness (QED) is 0.612. The van der Waals surface area contributed by atoms with Gasteiger partial charge in [-0.2, -0.15) is 0 Å². The smallest absolute Gasteiger partial charge is 0.140 e. The van der Waals surface area contributed by atoms with Crippen molar-refractivity contribution in [3.8, 4) is 0 Å². The van der Waals surface area contributed by atoms with Gasteiger partial charge in [0.05, 0.1) is 5.54 Å². The van der Waals surface area contributed by atoms with Crippen molar-refractivity contribution in [2.45, 2.75) is 74.8 Å². The highest BCUT2D eigenvalue weighted by Crippen LogP contribution is 2.41. The van der Waals surface area contributed by atoms with E-state index in [0.717, 1.165) is 6.67 Å². The zero-order chi connectivity index (χ0) is 21.5. The van der Waals surface area contributed by atoms with Crippen molar-refractivity contribution in [2.75, 3.05) is 13.7 Å². The normalized spacial score (nSPS) is 13.7. The summed E-state index contributed by atoms with van der Waals surface area (Å²) in [4.78, 5) is 0. The molecule has 2 N–H and O–H groups in total. The Morgan fingerprint density at radius 3 is 1.39 bits per heavy atom. The predicted octanol–water partition coefficient (Wildman–Crippen LogP) is 3.75. The fourth-order valence-electron chi connectivity index (χ4n) is 5.07. The first-order valence-electron chi connectivity index (χ1n) is 10.5. The molecule has 2 nitrogen and oxygen atoms in total. The molecule has 28 heavy (non-hydrogen) atoms. The molecule has 3 heteroatoms. The van der Waals surface area contributed by atoms with E-state index < -0.39 is 0 Å². The summed E-state index contributed by atoms with van der Waals surface area (Å²) in [5.74, 6) is 0. The lowest BCUT2D eigenvalue weighted by atomic mass is 9.69. The first-order valence-corrected chi connectivity index (χ1v) is 10.5. The number of hydrogen-bond donors (Lipinski definition) is 2. The van der Waals surface area contributed by atoms with Crippen LogP contribution in [0, 0.1) is 62.3 Å². The van der Waals surface area contributed by atoms with E-state index in [1.54, 1.807) is 0 Å². The Kier molecular flexibility index (Phi) is 6.52. The van der Waals surface area contributed by atoms with Crippen molar-refractivity contribution in [3.05, 3.63) is 61.2 Å². The Bertz CT molecular complexity index is 798. The third-order valence-corrected chi connectivity index (χ3v) is 7.62. The molecule has 0 saturated carbocycles. The molecular weight excluding hydrogens is 339 g/mol. The summed E-state index contributed by atoms with van der Waals surface area (Å²) in [6.45, 7) is 23.6. The number of nitrogens with one attached hydrogen (secondary N) is 2. The zero-order valence-corrected chi connectivity index (χ0v) is 20.2. The van der Waals surface area contributed by atoms with Crippen LogP contribution >= 0.6 is 0 Å². The van der Waals surface area contributed by atoms with E-state index in [9.17, 15) is 0 Å². The van der Waals surface area contributed by atoms with Crippen molar-refractivity contribution in [1.82, 2.24) is 10.6 Å². The van der Waals surface area contributed by atoms with Crippen LogP contribution in [0.1, 0.15) is 68.1 Å². The Hall–Kier alpha value is -1.58.